The first-order valence-electron chi connectivity index (χ1n) is 5.79. The van der Waals surface area contributed by atoms with Crippen molar-refractivity contribution >= 4 is 17.6 Å². The molecule has 1 heterocycles. The van der Waals surface area contributed by atoms with E-state index in [1.54, 1.807) is 14.0 Å². The smallest absolute Gasteiger partial charge is 0.385 e. The minimum absolute atomic E-state index is 0.194. The molecule has 0 bridgehead atoms. The Bertz CT molecular complexity index is 401. The Labute approximate surface area is 114 Å². The molecule has 1 rings (SSSR count). The number of ether oxygens (including phenoxy) is 1. The highest BCUT2D eigenvalue weighted by Gasteiger charge is 2.35. The first-order chi connectivity index (χ1) is 8.97. The van der Waals surface area contributed by atoms with Gasteiger partial charge in [0.25, 0.3) is 0 Å². The van der Waals surface area contributed by atoms with E-state index in [4.69, 9.17) is 4.74 Å². The molecule has 4 nitrogen and oxygen atoms in total. The predicted octanol–water partition coefficient (Wildman–Crippen LogP) is 3.06. The molecule has 0 aliphatic carbocycles. The van der Waals surface area contributed by atoms with Crippen molar-refractivity contribution in [2.24, 2.45) is 0 Å². The highest BCUT2D eigenvalue weighted by atomic mass is 32.2. The minimum Gasteiger partial charge on any atom is -0.385 e. The lowest BCUT2D eigenvalue weighted by atomic mass is 10.5. The van der Waals surface area contributed by atoms with Crippen molar-refractivity contribution in [1.82, 2.24) is 9.97 Å². The number of aromatic nitrogens is 2. The summed E-state index contributed by atoms with van der Waals surface area (Å²) >= 11 is 1.26. The predicted molar refractivity (Wildman–Crippen MR) is 68.4 cm³/mol. The third-order valence-corrected chi connectivity index (χ3v) is 3.05. The van der Waals surface area contributed by atoms with E-state index in [1.165, 1.54) is 17.8 Å². The molecule has 0 unspecified atom stereocenters. The van der Waals surface area contributed by atoms with E-state index in [0.29, 0.717) is 23.9 Å². The van der Waals surface area contributed by atoms with Gasteiger partial charge in [0.05, 0.1) is 0 Å². The van der Waals surface area contributed by atoms with Crippen molar-refractivity contribution in [3.05, 3.63) is 11.9 Å². The molecule has 0 amide bonds. The van der Waals surface area contributed by atoms with Crippen LogP contribution >= 0.6 is 11.8 Å². The van der Waals surface area contributed by atoms with Crippen LogP contribution in [0.25, 0.3) is 0 Å². The van der Waals surface area contributed by atoms with E-state index >= 15 is 0 Å². The molecule has 0 aliphatic rings. The van der Waals surface area contributed by atoms with Gasteiger partial charge in [0, 0.05) is 32.1 Å². The summed E-state index contributed by atoms with van der Waals surface area (Å²) in [7, 11) is 1.58. The summed E-state index contributed by atoms with van der Waals surface area (Å²) in [4.78, 5) is 6.98. The lowest BCUT2D eigenvalue weighted by molar-refractivity contribution is -0.145. The molecule has 0 saturated carbocycles. The summed E-state index contributed by atoms with van der Waals surface area (Å²) in [6, 6.07) is 1.52. The van der Waals surface area contributed by atoms with Crippen LogP contribution in [0.15, 0.2) is 11.1 Å². The van der Waals surface area contributed by atoms with E-state index < -0.39 is 12.0 Å². The van der Waals surface area contributed by atoms with Gasteiger partial charge in [-0.2, -0.15) is 13.2 Å². The van der Waals surface area contributed by atoms with Crippen molar-refractivity contribution in [1.29, 1.82) is 0 Å². The second-order valence-electron chi connectivity index (χ2n) is 3.64. The van der Waals surface area contributed by atoms with E-state index in [2.05, 4.69) is 15.3 Å². The number of nitrogens with one attached hydrogen (secondary N) is 1. The average Bonchev–Trinajstić information content (AvgIpc) is 2.34. The number of nitrogens with zero attached hydrogens (tertiary/aromatic N) is 2. The van der Waals surface area contributed by atoms with Crippen molar-refractivity contribution < 1.29 is 17.9 Å². The third kappa shape index (κ3) is 5.65. The van der Waals surface area contributed by atoms with Crippen molar-refractivity contribution in [3.8, 4) is 0 Å². The molecule has 1 aromatic heterocycles. The molecule has 0 atom stereocenters. The average molecular weight is 295 g/mol. The quantitative estimate of drug-likeness (QED) is 0.476. The molecule has 1 aromatic rings. The molecule has 8 heteroatoms. The second kappa shape index (κ2) is 7.54. The number of halogens is 3. The molecule has 0 spiro atoms. The fourth-order valence-electron chi connectivity index (χ4n) is 1.28. The highest BCUT2D eigenvalue weighted by Crippen LogP contribution is 2.29. The molecule has 0 fully saturated rings. The van der Waals surface area contributed by atoms with Crippen LogP contribution in [0.1, 0.15) is 19.2 Å². The zero-order valence-corrected chi connectivity index (χ0v) is 11.6. The molecule has 108 valence electrons. The Morgan fingerprint density at radius 3 is 2.68 bits per heavy atom. The standard InChI is InChI=1S/C11H16F3N3OS/c1-3-15-8-7-9(19-6-4-5-18-2)17-10(16-8)11(12,13)14/h7H,3-6H2,1-2H3,(H,15,16,17). The van der Waals surface area contributed by atoms with Gasteiger partial charge in [-0.1, -0.05) is 0 Å². The number of hydrogen-bond acceptors (Lipinski definition) is 5. The summed E-state index contributed by atoms with van der Waals surface area (Å²) < 4.78 is 42.8. The van der Waals surface area contributed by atoms with Crippen LogP contribution in [-0.2, 0) is 10.9 Å². The van der Waals surface area contributed by atoms with Gasteiger partial charge < -0.3 is 10.1 Å². The molecular weight excluding hydrogens is 279 g/mol. The molecule has 0 saturated heterocycles. The van der Waals surface area contributed by atoms with Crippen LogP contribution in [-0.4, -0.2) is 36.0 Å². The maximum atomic E-state index is 12.6. The fourth-order valence-corrected chi connectivity index (χ4v) is 2.09. The lowest BCUT2D eigenvalue weighted by Crippen LogP contribution is -2.13. The van der Waals surface area contributed by atoms with E-state index in [0.717, 1.165) is 6.42 Å². The Kier molecular flexibility index (Phi) is 6.36. The monoisotopic (exact) mass is 295 g/mol. The Morgan fingerprint density at radius 2 is 2.11 bits per heavy atom. The van der Waals surface area contributed by atoms with E-state index in [-0.39, 0.29) is 5.82 Å². The molecule has 0 radical (unpaired) electrons. The van der Waals surface area contributed by atoms with E-state index in [1.807, 2.05) is 0 Å². The number of hydrogen-bond donors (Lipinski definition) is 1. The Morgan fingerprint density at radius 1 is 1.37 bits per heavy atom. The molecule has 19 heavy (non-hydrogen) atoms. The SMILES string of the molecule is CCNc1cc(SCCCOC)nc(C(F)(F)F)n1. The van der Waals surface area contributed by atoms with Gasteiger partial charge in [-0.3, -0.25) is 0 Å². The summed E-state index contributed by atoms with van der Waals surface area (Å²) in [6.45, 7) is 2.87. The normalized spacial score (nSPS) is 11.6. The van der Waals surface area contributed by atoms with Gasteiger partial charge in [0.1, 0.15) is 10.8 Å². The summed E-state index contributed by atoms with van der Waals surface area (Å²) in [6.07, 6.45) is -3.78. The zero-order valence-electron chi connectivity index (χ0n) is 10.8. The van der Waals surface area contributed by atoms with Gasteiger partial charge in [-0.25, -0.2) is 9.97 Å². The van der Waals surface area contributed by atoms with Crippen LogP contribution in [0.5, 0.6) is 0 Å². The van der Waals surface area contributed by atoms with Gasteiger partial charge >= 0.3 is 6.18 Å². The molecule has 0 aromatic carbocycles. The van der Waals surface area contributed by atoms with Crippen molar-refractivity contribution in [2.45, 2.75) is 24.5 Å². The number of rotatable bonds is 7. The lowest BCUT2D eigenvalue weighted by Gasteiger charge is -2.10. The van der Waals surface area contributed by atoms with Gasteiger partial charge in [0.15, 0.2) is 0 Å². The Balaban J connectivity index is 2.81. The Hall–Kier alpha value is -1.02. The van der Waals surface area contributed by atoms with Gasteiger partial charge in [-0.15, -0.1) is 11.8 Å². The number of anilines is 1. The first kappa shape index (κ1) is 16.0. The van der Waals surface area contributed by atoms with Crippen LogP contribution in [0.2, 0.25) is 0 Å². The summed E-state index contributed by atoms with van der Waals surface area (Å²) in [5, 5.41) is 3.09. The van der Waals surface area contributed by atoms with Crippen LogP contribution in [0.4, 0.5) is 19.0 Å². The maximum Gasteiger partial charge on any atom is 0.451 e. The topological polar surface area (TPSA) is 47.0 Å². The summed E-state index contributed by atoms with van der Waals surface area (Å²) in [5.74, 6) is -0.271. The second-order valence-corrected chi connectivity index (χ2v) is 4.75. The number of methoxy groups -OCH3 is 1. The minimum atomic E-state index is -4.53. The van der Waals surface area contributed by atoms with Crippen LogP contribution in [0, 0.1) is 0 Å². The third-order valence-electron chi connectivity index (χ3n) is 2.06. The first-order valence-corrected chi connectivity index (χ1v) is 6.77. The van der Waals surface area contributed by atoms with Crippen molar-refractivity contribution in [2.75, 3.05) is 31.3 Å². The fraction of sp³-hybridized carbons (Fsp3) is 0.636. The largest absolute Gasteiger partial charge is 0.451 e. The molecule has 1 N–H and O–H groups in total. The zero-order chi connectivity index (χ0) is 14.3. The highest BCUT2D eigenvalue weighted by molar-refractivity contribution is 7.99. The van der Waals surface area contributed by atoms with Gasteiger partial charge in [-0.05, 0) is 13.3 Å². The van der Waals surface area contributed by atoms with Crippen LogP contribution in [0.3, 0.4) is 0 Å². The van der Waals surface area contributed by atoms with E-state index in [9.17, 15) is 13.2 Å². The maximum absolute atomic E-state index is 12.6. The molecule has 0 aliphatic heterocycles. The van der Waals surface area contributed by atoms with Crippen LogP contribution < -0.4 is 5.32 Å². The summed E-state index contributed by atoms with van der Waals surface area (Å²) in [5.41, 5.74) is 0. The van der Waals surface area contributed by atoms with Crippen molar-refractivity contribution in [3.63, 3.8) is 0 Å². The number of thioether (sulfide) groups is 1. The number of alkyl halides is 3. The molecular formula is C11H16F3N3OS. The van der Waals surface area contributed by atoms with Gasteiger partial charge in [0.2, 0.25) is 5.82 Å².